The lowest BCUT2D eigenvalue weighted by Crippen LogP contribution is -2.24. The van der Waals surface area contributed by atoms with Gasteiger partial charge in [-0.25, -0.2) is 9.97 Å². The Morgan fingerprint density at radius 3 is 2.34 bits per heavy atom. The zero-order valence-corrected chi connectivity index (χ0v) is 23.4. The number of aromatic nitrogens is 2. The molecule has 0 radical (unpaired) electrons. The third-order valence-electron chi connectivity index (χ3n) is 8.74. The van der Waals surface area contributed by atoms with E-state index < -0.39 is 0 Å². The number of benzene rings is 4. The van der Waals surface area contributed by atoms with Crippen LogP contribution in [0.2, 0.25) is 0 Å². The molecule has 2 fully saturated rings. The van der Waals surface area contributed by atoms with Gasteiger partial charge in [-0.1, -0.05) is 48.5 Å². The van der Waals surface area contributed by atoms with Gasteiger partial charge in [-0.15, -0.1) is 0 Å². The van der Waals surface area contributed by atoms with E-state index in [9.17, 15) is 5.11 Å². The summed E-state index contributed by atoms with van der Waals surface area (Å²) in [4.78, 5) is 11.6. The Hall–Kier alpha value is -4.26. The van der Waals surface area contributed by atoms with Gasteiger partial charge in [-0.2, -0.15) is 0 Å². The number of aryl methyl sites for hydroxylation is 2. The summed E-state index contributed by atoms with van der Waals surface area (Å²) < 4.78 is 6.18. The molecular weight excluding hydrogens is 508 g/mol. The predicted molar refractivity (Wildman–Crippen MR) is 164 cm³/mol. The average molecular weight is 543 g/mol. The maximum absolute atomic E-state index is 9.42. The molecule has 2 heterocycles. The minimum atomic E-state index is 0.348. The van der Waals surface area contributed by atoms with Crippen LogP contribution in [0.4, 0.5) is 11.5 Å². The van der Waals surface area contributed by atoms with Crippen molar-refractivity contribution >= 4 is 22.4 Å². The van der Waals surface area contributed by atoms with Gasteiger partial charge in [0.05, 0.1) is 5.52 Å². The molecule has 0 amide bonds. The number of rotatable bonds is 8. The van der Waals surface area contributed by atoms with Crippen LogP contribution in [0, 0.1) is 31.6 Å². The molecule has 1 aliphatic heterocycles. The highest BCUT2D eigenvalue weighted by molar-refractivity contribution is 5.93. The van der Waals surface area contributed by atoms with Crippen molar-refractivity contribution in [3.8, 4) is 22.6 Å². The lowest BCUT2D eigenvalue weighted by atomic mass is 10.0. The van der Waals surface area contributed by atoms with Crippen LogP contribution in [0.3, 0.4) is 0 Å². The third kappa shape index (κ3) is 5.17. The van der Waals surface area contributed by atoms with Crippen molar-refractivity contribution < 1.29 is 9.84 Å². The Bertz CT molecular complexity index is 1710. The van der Waals surface area contributed by atoms with Gasteiger partial charge in [0, 0.05) is 37.3 Å². The van der Waals surface area contributed by atoms with E-state index in [0.717, 1.165) is 70.2 Å². The van der Waals surface area contributed by atoms with E-state index in [2.05, 4.69) is 75.6 Å². The molecule has 1 saturated heterocycles. The van der Waals surface area contributed by atoms with Crippen molar-refractivity contribution in [3.63, 3.8) is 0 Å². The molecule has 0 bridgehead atoms. The maximum atomic E-state index is 9.42. The summed E-state index contributed by atoms with van der Waals surface area (Å²) in [5.41, 5.74) is 7.61. The van der Waals surface area contributed by atoms with Gasteiger partial charge >= 0.3 is 0 Å². The standard InChI is InChI=1S/C35H34N4O2/c1-22-5-3-4-6-33(22)41-34-14-12-27(15-23(34)2)38-35-28-16-26(11-13-32(28)36-21-37-35)25-9-7-24(8-10-25)17-39-18-29-30(19-39)31(29)20-40/h3-16,21,29-31,40H,17-20H2,1-2H3,(H,36,37,38). The second-order valence-electron chi connectivity index (χ2n) is 11.5. The molecule has 41 heavy (non-hydrogen) atoms. The Balaban J connectivity index is 1.08. The fourth-order valence-corrected chi connectivity index (χ4v) is 6.30. The first-order valence-corrected chi connectivity index (χ1v) is 14.3. The summed E-state index contributed by atoms with van der Waals surface area (Å²) >= 11 is 0. The van der Waals surface area contributed by atoms with Crippen molar-refractivity contribution in [3.05, 3.63) is 108 Å². The number of aliphatic hydroxyl groups is 1. The van der Waals surface area contributed by atoms with Crippen LogP contribution < -0.4 is 10.1 Å². The zero-order valence-electron chi connectivity index (χ0n) is 23.4. The van der Waals surface area contributed by atoms with Crippen molar-refractivity contribution in [2.75, 3.05) is 25.0 Å². The van der Waals surface area contributed by atoms with Crippen molar-refractivity contribution in [2.24, 2.45) is 17.8 Å². The molecule has 2 aliphatic rings. The molecule has 1 aromatic heterocycles. The van der Waals surface area contributed by atoms with Gasteiger partial charge in [-0.3, -0.25) is 4.90 Å². The monoisotopic (exact) mass is 542 g/mol. The third-order valence-corrected chi connectivity index (χ3v) is 8.74. The average Bonchev–Trinajstić information content (AvgIpc) is 3.47. The topological polar surface area (TPSA) is 70.5 Å². The van der Waals surface area contributed by atoms with Gasteiger partial charge in [0.2, 0.25) is 0 Å². The molecule has 206 valence electrons. The number of hydrogen-bond acceptors (Lipinski definition) is 6. The number of aliphatic hydroxyl groups excluding tert-OH is 1. The highest BCUT2D eigenvalue weighted by atomic mass is 16.5. The Morgan fingerprint density at radius 1 is 0.829 bits per heavy atom. The van der Waals surface area contributed by atoms with Crippen molar-refractivity contribution in [1.82, 2.24) is 14.9 Å². The molecule has 7 rings (SSSR count). The summed E-state index contributed by atoms with van der Waals surface area (Å²) in [7, 11) is 0. The van der Waals surface area contributed by atoms with Crippen LogP contribution in [0.1, 0.15) is 16.7 Å². The zero-order chi connectivity index (χ0) is 27.9. The number of ether oxygens (including phenoxy) is 1. The highest BCUT2D eigenvalue weighted by Gasteiger charge is 2.54. The molecule has 2 N–H and O–H groups in total. The number of likely N-dealkylation sites (tertiary alicyclic amines) is 1. The van der Waals surface area contributed by atoms with Crippen LogP contribution in [-0.2, 0) is 6.54 Å². The van der Waals surface area contributed by atoms with Crippen LogP contribution >= 0.6 is 0 Å². The fraction of sp³-hybridized carbons (Fsp3) is 0.257. The normalized spacial score (nSPS) is 19.7. The van der Waals surface area contributed by atoms with E-state index in [1.165, 1.54) is 11.1 Å². The highest BCUT2D eigenvalue weighted by Crippen LogP contribution is 2.51. The smallest absolute Gasteiger partial charge is 0.141 e. The van der Waals surface area contributed by atoms with Crippen LogP contribution in [-0.4, -0.2) is 39.7 Å². The SMILES string of the molecule is Cc1ccccc1Oc1ccc(Nc2ncnc3ccc(-c4ccc(CN5CC6C(CO)C6C5)cc4)cc23)cc1C. The molecule has 1 aliphatic carbocycles. The fourth-order valence-electron chi connectivity index (χ4n) is 6.30. The number of hydrogen-bond donors (Lipinski definition) is 2. The van der Waals surface area contributed by atoms with E-state index in [1.54, 1.807) is 6.33 Å². The predicted octanol–water partition coefficient (Wildman–Crippen LogP) is 7.12. The second-order valence-corrected chi connectivity index (χ2v) is 11.5. The molecule has 6 nitrogen and oxygen atoms in total. The number of anilines is 2. The van der Waals surface area contributed by atoms with Gasteiger partial charge in [-0.05, 0) is 95.8 Å². The first-order chi connectivity index (χ1) is 20.1. The largest absolute Gasteiger partial charge is 0.457 e. The van der Waals surface area contributed by atoms with Gasteiger partial charge < -0.3 is 15.2 Å². The van der Waals surface area contributed by atoms with E-state index in [1.807, 2.05) is 43.3 Å². The quantitative estimate of drug-likeness (QED) is 0.218. The minimum absolute atomic E-state index is 0.348. The van der Waals surface area contributed by atoms with E-state index in [4.69, 9.17) is 4.74 Å². The van der Waals surface area contributed by atoms with Crippen LogP contribution in [0.15, 0.2) is 91.3 Å². The summed E-state index contributed by atoms with van der Waals surface area (Å²) in [5, 5.41) is 13.9. The minimum Gasteiger partial charge on any atom is -0.457 e. The van der Waals surface area contributed by atoms with E-state index in [0.29, 0.717) is 24.4 Å². The van der Waals surface area contributed by atoms with E-state index in [-0.39, 0.29) is 0 Å². The first kappa shape index (κ1) is 25.7. The number of piperidine rings is 1. The lowest BCUT2D eigenvalue weighted by Gasteiger charge is -2.19. The summed E-state index contributed by atoms with van der Waals surface area (Å²) in [5.74, 6) is 4.42. The first-order valence-electron chi connectivity index (χ1n) is 14.3. The molecule has 2 atom stereocenters. The Morgan fingerprint density at radius 2 is 1.59 bits per heavy atom. The molecule has 1 saturated carbocycles. The van der Waals surface area contributed by atoms with Gasteiger partial charge in [0.15, 0.2) is 0 Å². The summed E-state index contributed by atoms with van der Waals surface area (Å²) in [6.07, 6.45) is 1.60. The summed E-state index contributed by atoms with van der Waals surface area (Å²) in [6, 6.07) is 29.4. The van der Waals surface area contributed by atoms with Crippen molar-refractivity contribution in [1.29, 1.82) is 0 Å². The Kier molecular flexibility index (Phi) is 6.65. The molecule has 5 aromatic rings. The lowest BCUT2D eigenvalue weighted by molar-refractivity contribution is 0.217. The molecule has 0 spiro atoms. The molecule has 6 heteroatoms. The summed E-state index contributed by atoms with van der Waals surface area (Å²) in [6.45, 7) is 7.64. The number of fused-ring (bicyclic) bond motifs is 2. The maximum Gasteiger partial charge on any atom is 0.141 e. The van der Waals surface area contributed by atoms with Crippen LogP contribution in [0.25, 0.3) is 22.0 Å². The molecular formula is C35H34N4O2. The molecule has 4 aromatic carbocycles. The van der Waals surface area contributed by atoms with Crippen molar-refractivity contribution in [2.45, 2.75) is 20.4 Å². The van der Waals surface area contributed by atoms with Gasteiger partial charge in [0.1, 0.15) is 23.6 Å². The van der Waals surface area contributed by atoms with Crippen LogP contribution in [0.5, 0.6) is 11.5 Å². The number of para-hydroxylation sites is 1. The Labute approximate surface area is 240 Å². The number of nitrogens with zero attached hydrogens (tertiary/aromatic N) is 3. The second kappa shape index (κ2) is 10.6. The van der Waals surface area contributed by atoms with Gasteiger partial charge in [0.25, 0.3) is 0 Å². The number of nitrogens with one attached hydrogen (secondary N) is 1. The van der Waals surface area contributed by atoms with E-state index >= 15 is 0 Å². The molecule has 2 unspecified atom stereocenters.